The second-order valence-corrected chi connectivity index (χ2v) is 7.81. The molecule has 1 atom stereocenters. The highest BCUT2D eigenvalue weighted by Crippen LogP contribution is 2.21. The van der Waals surface area contributed by atoms with Gasteiger partial charge in [-0.1, -0.05) is 29.3 Å². The normalized spacial score (nSPS) is 13.0. The molecule has 0 aromatic heterocycles. The number of aryl methyl sites for hydroxylation is 1. The molecule has 1 amide bonds. The number of nitrogens with one attached hydrogen (secondary N) is 1. The maximum absolute atomic E-state index is 11.6. The third-order valence-corrected chi connectivity index (χ3v) is 5.03. The molecule has 20 heavy (non-hydrogen) atoms. The van der Waals surface area contributed by atoms with E-state index < -0.39 is 21.0 Å². The van der Waals surface area contributed by atoms with Crippen molar-refractivity contribution in [2.45, 2.75) is 25.0 Å². The molecule has 112 valence electrons. The Morgan fingerprint density at radius 3 is 2.55 bits per heavy atom. The average molecular weight is 338 g/mol. The van der Waals surface area contributed by atoms with Crippen LogP contribution in [-0.4, -0.2) is 32.4 Å². The number of benzene rings is 1. The van der Waals surface area contributed by atoms with Crippen molar-refractivity contribution in [3.8, 4) is 0 Å². The monoisotopic (exact) mass is 337 g/mol. The van der Waals surface area contributed by atoms with Gasteiger partial charge in [0.1, 0.15) is 5.25 Å². The van der Waals surface area contributed by atoms with Gasteiger partial charge in [0.05, 0.1) is 0 Å². The molecule has 0 bridgehead atoms. The van der Waals surface area contributed by atoms with Gasteiger partial charge in [0.15, 0.2) is 9.84 Å². The van der Waals surface area contributed by atoms with Gasteiger partial charge in [0.25, 0.3) is 0 Å². The van der Waals surface area contributed by atoms with Crippen molar-refractivity contribution in [2.75, 3.05) is 12.8 Å². The van der Waals surface area contributed by atoms with Crippen LogP contribution in [-0.2, 0) is 21.1 Å². The Labute approximate surface area is 129 Å². The molecule has 1 aromatic carbocycles. The van der Waals surface area contributed by atoms with E-state index in [2.05, 4.69) is 5.32 Å². The van der Waals surface area contributed by atoms with Crippen molar-refractivity contribution in [3.05, 3.63) is 33.8 Å². The van der Waals surface area contributed by atoms with Gasteiger partial charge >= 0.3 is 0 Å². The van der Waals surface area contributed by atoms with Crippen molar-refractivity contribution in [1.29, 1.82) is 0 Å². The van der Waals surface area contributed by atoms with Crippen LogP contribution in [0.2, 0.25) is 10.0 Å². The molecule has 7 heteroatoms. The van der Waals surface area contributed by atoms with Gasteiger partial charge in [-0.2, -0.15) is 0 Å². The van der Waals surface area contributed by atoms with E-state index in [-0.39, 0.29) is 0 Å². The van der Waals surface area contributed by atoms with Crippen LogP contribution in [0.3, 0.4) is 0 Å². The minimum absolute atomic E-state index is 0.400. The van der Waals surface area contributed by atoms with Gasteiger partial charge in [0.2, 0.25) is 5.91 Å². The minimum Gasteiger partial charge on any atom is -0.355 e. The topological polar surface area (TPSA) is 63.2 Å². The number of rotatable bonds is 6. The molecule has 1 N–H and O–H groups in total. The summed E-state index contributed by atoms with van der Waals surface area (Å²) in [6.45, 7) is 1.78. The molecular formula is C13H17Cl2NO3S. The fourth-order valence-corrected chi connectivity index (χ4v) is 2.53. The Bertz CT molecular complexity index is 587. The van der Waals surface area contributed by atoms with Crippen LogP contribution in [0.5, 0.6) is 0 Å². The van der Waals surface area contributed by atoms with Crippen LogP contribution in [0.25, 0.3) is 0 Å². The Kier molecular flexibility index (Phi) is 6.30. The molecule has 1 aromatic rings. The van der Waals surface area contributed by atoms with E-state index in [0.29, 0.717) is 29.4 Å². The SMILES string of the molecule is C[C@H](C(=O)NCCCc1ccc(Cl)cc1Cl)S(C)(=O)=O. The molecular weight excluding hydrogens is 321 g/mol. The summed E-state index contributed by atoms with van der Waals surface area (Å²) in [5.41, 5.74) is 0.946. The van der Waals surface area contributed by atoms with E-state index >= 15 is 0 Å². The van der Waals surface area contributed by atoms with Crippen molar-refractivity contribution in [3.63, 3.8) is 0 Å². The van der Waals surface area contributed by atoms with Gasteiger partial charge in [-0.15, -0.1) is 0 Å². The first-order valence-electron chi connectivity index (χ1n) is 6.12. The van der Waals surface area contributed by atoms with Crippen molar-refractivity contribution in [2.24, 2.45) is 0 Å². The summed E-state index contributed by atoms with van der Waals surface area (Å²) in [6.07, 6.45) is 2.40. The second-order valence-electron chi connectivity index (χ2n) is 4.60. The Hall–Kier alpha value is -0.780. The first-order valence-corrected chi connectivity index (χ1v) is 8.83. The Morgan fingerprint density at radius 2 is 2.00 bits per heavy atom. The lowest BCUT2D eigenvalue weighted by atomic mass is 10.1. The second kappa shape index (κ2) is 7.29. The summed E-state index contributed by atoms with van der Waals surface area (Å²) >= 11 is 11.8. The lowest BCUT2D eigenvalue weighted by Crippen LogP contribution is -2.37. The zero-order chi connectivity index (χ0) is 15.3. The maximum Gasteiger partial charge on any atom is 0.238 e. The molecule has 0 fully saturated rings. The predicted octanol–water partition coefficient (Wildman–Crippen LogP) is 2.48. The first kappa shape index (κ1) is 17.3. The van der Waals surface area contributed by atoms with E-state index in [9.17, 15) is 13.2 Å². The molecule has 0 aliphatic carbocycles. The number of carbonyl (C=O) groups excluding carboxylic acids is 1. The molecule has 0 heterocycles. The smallest absolute Gasteiger partial charge is 0.238 e. The van der Waals surface area contributed by atoms with E-state index in [1.54, 1.807) is 12.1 Å². The zero-order valence-electron chi connectivity index (χ0n) is 11.3. The van der Waals surface area contributed by atoms with Crippen molar-refractivity contribution >= 4 is 38.9 Å². The molecule has 4 nitrogen and oxygen atoms in total. The summed E-state index contributed by atoms with van der Waals surface area (Å²) in [5.74, 6) is -0.477. The standard InChI is InChI=1S/C13H17Cl2NO3S/c1-9(20(2,18)19)13(17)16-7-3-4-10-5-6-11(14)8-12(10)15/h5-6,8-9H,3-4,7H2,1-2H3,(H,16,17)/t9-/m1/s1. The summed E-state index contributed by atoms with van der Waals surface area (Å²) in [5, 5.41) is 2.75. The third-order valence-electron chi connectivity index (χ3n) is 2.95. The van der Waals surface area contributed by atoms with E-state index in [1.807, 2.05) is 6.07 Å². The molecule has 1 rings (SSSR count). The lowest BCUT2D eigenvalue weighted by Gasteiger charge is -2.10. The van der Waals surface area contributed by atoms with Gasteiger partial charge in [-0.3, -0.25) is 4.79 Å². The van der Waals surface area contributed by atoms with E-state index in [4.69, 9.17) is 23.2 Å². The molecule has 0 radical (unpaired) electrons. The molecule has 0 aliphatic heterocycles. The van der Waals surface area contributed by atoms with Crippen LogP contribution >= 0.6 is 23.2 Å². The largest absolute Gasteiger partial charge is 0.355 e. The molecule has 0 saturated carbocycles. The number of hydrogen-bond acceptors (Lipinski definition) is 3. The van der Waals surface area contributed by atoms with Crippen molar-refractivity contribution < 1.29 is 13.2 Å². The summed E-state index contributed by atoms with van der Waals surface area (Å²) in [4.78, 5) is 11.6. The van der Waals surface area contributed by atoms with Gasteiger partial charge in [-0.25, -0.2) is 8.42 Å². The van der Waals surface area contributed by atoms with Crippen LogP contribution in [0.4, 0.5) is 0 Å². The van der Waals surface area contributed by atoms with E-state index in [0.717, 1.165) is 11.8 Å². The highest BCUT2D eigenvalue weighted by atomic mass is 35.5. The maximum atomic E-state index is 11.6. The van der Waals surface area contributed by atoms with Crippen molar-refractivity contribution in [1.82, 2.24) is 5.32 Å². The quantitative estimate of drug-likeness (QED) is 0.811. The van der Waals surface area contributed by atoms with Gasteiger partial charge in [-0.05, 0) is 37.5 Å². The highest BCUT2D eigenvalue weighted by Gasteiger charge is 2.22. The number of carbonyl (C=O) groups is 1. The number of hydrogen-bond donors (Lipinski definition) is 1. The highest BCUT2D eigenvalue weighted by molar-refractivity contribution is 7.92. The zero-order valence-corrected chi connectivity index (χ0v) is 13.6. The van der Waals surface area contributed by atoms with Gasteiger partial charge < -0.3 is 5.32 Å². The average Bonchev–Trinajstić information content (AvgIpc) is 2.34. The molecule has 0 spiro atoms. The first-order chi connectivity index (χ1) is 9.21. The van der Waals surface area contributed by atoms with E-state index in [1.165, 1.54) is 6.92 Å². The third kappa shape index (κ3) is 5.31. The lowest BCUT2D eigenvalue weighted by molar-refractivity contribution is -0.120. The summed E-state index contributed by atoms with van der Waals surface area (Å²) < 4.78 is 22.4. The Balaban J connectivity index is 2.41. The van der Waals surface area contributed by atoms with Crippen LogP contribution in [0.1, 0.15) is 18.9 Å². The predicted molar refractivity (Wildman–Crippen MR) is 82.1 cm³/mol. The molecule has 0 unspecified atom stereocenters. The number of sulfone groups is 1. The molecule has 0 aliphatic rings. The Morgan fingerprint density at radius 1 is 1.35 bits per heavy atom. The summed E-state index contributed by atoms with van der Waals surface area (Å²) in [6, 6.07) is 5.27. The molecule has 0 saturated heterocycles. The van der Waals surface area contributed by atoms with Crippen LogP contribution in [0, 0.1) is 0 Å². The number of amides is 1. The van der Waals surface area contributed by atoms with Crippen LogP contribution in [0.15, 0.2) is 18.2 Å². The van der Waals surface area contributed by atoms with Gasteiger partial charge in [0, 0.05) is 22.8 Å². The fourth-order valence-electron chi connectivity index (χ4n) is 1.55. The fraction of sp³-hybridized carbons (Fsp3) is 0.462. The number of halogens is 2. The minimum atomic E-state index is -3.35. The van der Waals surface area contributed by atoms with Crippen LogP contribution < -0.4 is 5.32 Å². The summed E-state index contributed by atoms with van der Waals surface area (Å²) in [7, 11) is -3.35.